The van der Waals surface area contributed by atoms with Gasteiger partial charge in [-0.05, 0) is 29.8 Å². The number of nitrogens with one attached hydrogen (secondary N) is 3. The van der Waals surface area contributed by atoms with E-state index in [1.807, 2.05) is 0 Å². The van der Waals surface area contributed by atoms with E-state index in [1.54, 1.807) is 24.3 Å². The van der Waals surface area contributed by atoms with E-state index in [1.165, 1.54) is 24.3 Å². The second-order valence-electron chi connectivity index (χ2n) is 6.16. The summed E-state index contributed by atoms with van der Waals surface area (Å²) in [5.41, 5.74) is 1.79. The molecule has 9 heteroatoms. The molecule has 2 aromatic carbocycles. The van der Waals surface area contributed by atoms with Crippen LogP contribution < -0.4 is 10.6 Å². The molecule has 2 amide bonds. The van der Waals surface area contributed by atoms with Crippen molar-refractivity contribution in [2.45, 2.75) is 6.04 Å². The van der Waals surface area contributed by atoms with Crippen molar-refractivity contribution in [1.29, 1.82) is 0 Å². The van der Waals surface area contributed by atoms with Crippen LogP contribution in [0.25, 0.3) is 23.1 Å². The van der Waals surface area contributed by atoms with Gasteiger partial charge in [-0.3, -0.25) is 14.7 Å². The van der Waals surface area contributed by atoms with E-state index in [-0.39, 0.29) is 16.7 Å². The quantitative estimate of drug-likeness (QED) is 0.622. The summed E-state index contributed by atoms with van der Waals surface area (Å²) in [6, 6.07) is 7.99. The fourth-order valence-corrected chi connectivity index (χ4v) is 3.55. The first-order chi connectivity index (χ1) is 13.5. The van der Waals surface area contributed by atoms with Crippen LogP contribution in [0.4, 0.5) is 19.3 Å². The molecular formula is C19H14F2N4O2S. The van der Waals surface area contributed by atoms with Crippen molar-refractivity contribution in [3.05, 3.63) is 59.3 Å². The first kappa shape index (κ1) is 18.2. The fourth-order valence-electron chi connectivity index (χ4n) is 2.78. The van der Waals surface area contributed by atoms with Crippen LogP contribution in [-0.4, -0.2) is 33.1 Å². The summed E-state index contributed by atoms with van der Waals surface area (Å²) >= 11 is 1.01. The van der Waals surface area contributed by atoms with Crippen LogP contribution in [0, 0.1) is 11.6 Å². The van der Waals surface area contributed by atoms with Crippen molar-refractivity contribution < 1.29 is 18.4 Å². The Bertz CT molecular complexity index is 1100. The molecule has 142 valence electrons. The number of halogens is 2. The van der Waals surface area contributed by atoms with Crippen LogP contribution >= 0.6 is 11.8 Å². The third-order valence-electron chi connectivity index (χ3n) is 4.23. The molecule has 6 nitrogen and oxygen atoms in total. The fraction of sp³-hybridized carbons (Fsp3) is 0.105. The van der Waals surface area contributed by atoms with Crippen molar-refractivity contribution >= 4 is 51.7 Å². The van der Waals surface area contributed by atoms with Crippen LogP contribution in [0.2, 0.25) is 0 Å². The molecule has 1 fully saturated rings. The molecule has 0 bridgehead atoms. The van der Waals surface area contributed by atoms with Gasteiger partial charge >= 0.3 is 0 Å². The number of benzene rings is 2. The van der Waals surface area contributed by atoms with E-state index in [2.05, 4.69) is 20.8 Å². The summed E-state index contributed by atoms with van der Waals surface area (Å²) in [5.74, 6) is -1.12. The van der Waals surface area contributed by atoms with Gasteiger partial charge in [0.1, 0.15) is 17.7 Å². The lowest BCUT2D eigenvalue weighted by atomic mass is 10.1. The molecule has 0 unspecified atom stereocenters. The highest BCUT2D eigenvalue weighted by molar-refractivity contribution is 8.14. The summed E-state index contributed by atoms with van der Waals surface area (Å²) in [7, 11) is 0. The predicted octanol–water partition coefficient (Wildman–Crippen LogP) is 3.78. The summed E-state index contributed by atoms with van der Waals surface area (Å²) < 4.78 is 27.3. The molecule has 3 N–H and O–H groups in total. The van der Waals surface area contributed by atoms with Gasteiger partial charge in [-0.25, -0.2) is 8.78 Å². The third kappa shape index (κ3) is 3.74. The van der Waals surface area contributed by atoms with Gasteiger partial charge in [0, 0.05) is 17.2 Å². The molecule has 0 aliphatic carbocycles. The Morgan fingerprint density at radius 3 is 2.71 bits per heavy atom. The monoisotopic (exact) mass is 400 g/mol. The summed E-state index contributed by atoms with van der Waals surface area (Å²) in [5, 5.41) is 12.2. The maximum atomic E-state index is 14.3. The number of amides is 2. The van der Waals surface area contributed by atoms with Crippen LogP contribution in [0.15, 0.2) is 36.4 Å². The molecule has 4 rings (SSSR count). The van der Waals surface area contributed by atoms with Gasteiger partial charge in [0.25, 0.3) is 5.24 Å². The lowest BCUT2D eigenvalue weighted by molar-refractivity contribution is -0.117. The van der Waals surface area contributed by atoms with Gasteiger partial charge < -0.3 is 10.6 Å². The molecule has 0 spiro atoms. The molecule has 0 saturated carbocycles. The zero-order valence-electron chi connectivity index (χ0n) is 14.3. The second kappa shape index (κ2) is 7.43. The van der Waals surface area contributed by atoms with E-state index < -0.39 is 17.8 Å². The Kier molecular flexibility index (Phi) is 4.82. The van der Waals surface area contributed by atoms with Gasteiger partial charge in [-0.1, -0.05) is 30.0 Å². The van der Waals surface area contributed by atoms with Gasteiger partial charge in [0.15, 0.2) is 0 Å². The van der Waals surface area contributed by atoms with Crippen molar-refractivity contribution in [2.24, 2.45) is 0 Å². The van der Waals surface area contributed by atoms with Crippen molar-refractivity contribution in [2.75, 3.05) is 11.1 Å². The van der Waals surface area contributed by atoms with Crippen molar-refractivity contribution in [3.63, 3.8) is 0 Å². The van der Waals surface area contributed by atoms with E-state index >= 15 is 0 Å². The zero-order valence-corrected chi connectivity index (χ0v) is 15.1. The number of carbonyl (C=O) groups is 2. The van der Waals surface area contributed by atoms with Crippen molar-refractivity contribution in [1.82, 2.24) is 15.5 Å². The SMILES string of the molecule is O=C1N[C@@H](C(=O)Nc2cc3c(/C=C/c4ccc(F)cc4)n[nH]c3cc2F)CS1. The lowest BCUT2D eigenvalue weighted by Crippen LogP contribution is -2.38. The van der Waals surface area contributed by atoms with Crippen LogP contribution in [0.1, 0.15) is 11.3 Å². The Morgan fingerprint density at radius 2 is 2.00 bits per heavy atom. The Balaban J connectivity index is 1.59. The summed E-state index contributed by atoms with van der Waals surface area (Å²) in [4.78, 5) is 23.5. The number of carbonyl (C=O) groups excluding carboxylic acids is 2. The predicted molar refractivity (Wildman–Crippen MR) is 105 cm³/mol. The minimum absolute atomic E-state index is 0.00137. The molecular weight excluding hydrogens is 386 g/mol. The number of hydrogen-bond donors (Lipinski definition) is 3. The number of hydrogen-bond acceptors (Lipinski definition) is 4. The normalized spacial score (nSPS) is 16.6. The topological polar surface area (TPSA) is 86.9 Å². The highest BCUT2D eigenvalue weighted by Gasteiger charge is 2.28. The first-order valence-corrected chi connectivity index (χ1v) is 9.33. The first-order valence-electron chi connectivity index (χ1n) is 8.35. The zero-order chi connectivity index (χ0) is 19.7. The summed E-state index contributed by atoms with van der Waals surface area (Å²) in [6.07, 6.45) is 3.46. The number of fused-ring (bicyclic) bond motifs is 1. The molecule has 1 aromatic heterocycles. The average molecular weight is 400 g/mol. The lowest BCUT2D eigenvalue weighted by Gasteiger charge is -2.11. The highest BCUT2D eigenvalue weighted by atomic mass is 32.2. The number of rotatable bonds is 4. The van der Waals surface area contributed by atoms with Crippen LogP contribution in [0.5, 0.6) is 0 Å². The molecule has 1 saturated heterocycles. The van der Waals surface area contributed by atoms with Gasteiger partial charge in [-0.2, -0.15) is 5.10 Å². The number of nitrogens with zero attached hydrogens (tertiary/aromatic N) is 1. The Labute approximate surface area is 162 Å². The number of aromatic nitrogens is 2. The van der Waals surface area contributed by atoms with Crippen LogP contribution in [0.3, 0.4) is 0 Å². The minimum Gasteiger partial charge on any atom is -0.334 e. The molecule has 28 heavy (non-hydrogen) atoms. The van der Waals surface area contributed by atoms with Crippen LogP contribution in [-0.2, 0) is 4.79 Å². The second-order valence-corrected chi connectivity index (χ2v) is 7.15. The third-order valence-corrected chi connectivity index (χ3v) is 5.11. The number of H-pyrrole nitrogens is 1. The number of anilines is 1. The Hall–Kier alpha value is -3.20. The standard InChI is InChI=1S/C19H14F2N4O2S/c20-11-4-1-10(2-5-11)3-6-14-12-7-16(13(21)8-15(12)25-24-14)22-18(26)17-9-28-19(27)23-17/h1-8,17H,9H2,(H,22,26)(H,23,27)(H,24,25)/b6-3+/t17-/m1/s1. The summed E-state index contributed by atoms with van der Waals surface area (Å²) in [6.45, 7) is 0. The molecule has 3 aromatic rings. The van der Waals surface area contributed by atoms with Gasteiger partial charge in [0.2, 0.25) is 5.91 Å². The maximum Gasteiger partial charge on any atom is 0.279 e. The average Bonchev–Trinajstić information content (AvgIpc) is 3.28. The smallest absolute Gasteiger partial charge is 0.279 e. The van der Waals surface area contributed by atoms with E-state index in [4.69, 9.17) is 0 Å². The van der Waals surface area contributed by atoms with Gasteiger partial charge in [0.05, 0.1) is 16.9 Å². The Morgan fingerprint density at radius 1 is 1.21 bits per heavy atom. The maximum absolute atomic E-state index is 14.3. The highest BCUT2D eigenvalue weighted by Crippen LogP contribution is 2.26. The van der Waals surface area contributed by atoms with Gasteiger partial charge in [-0.15, -0.1) is 0 Å². The molecule has 1 aliphatic heterocycles. The molecule has 1 aliphatic rings. The van der Waals surface area contributed by atoms with Crippen molar-refractivity contribution in [3.8, 4) is 0 Å². The molecule has 0 radical (unpaired) electrons. The largest absolute Gasteiger partial charge is 0.334 e. The van der Waals surface area contributed by atoms with E-state index in [9.17, 15) is 18.4 Å². The number of thioether (sulfide) groups is 1. The van der Waals surface area contributed by atoms with E-state index in [0.29, 0.717) is 22.3 Å². The number of aromatic amines is 1. The molecule has 1 atom stereocenters. The minimum atomic E-state index is -0.699. The van der Waals surface area contributed by atoms with E-state index in [0.717, 1.165) is 17.3 Å². The molecule has 2 heterocycles.